The molecule has 6 nitrogen and oxygen atoms in total. The van der Waals surface area contributed by atoms with Crippen LogP contribution in [0.15, 0.2) is 0 Å². The number of hydrogen-bond donors (Lipinski definition) is 0. The molecular formula is C10H18O6S. The SMILES string of the molecule is COC(=O)[C@@H](OC(C)=O)SCCC(OC)OC. The molecule has 0 unspecified atom stereocenters. The zero-order valence-corrected chi connectivity index (χ0v) is 11.2. The average molecular weight is 266 g/mol. The van der Waals surface area contributed by atoms with E-state index in [1.54, 1.807) is 0 Å². The summed E-state index contributed by atoms with van der Waals surface area (Å²) >= 11 is 1.16. The Bertz CT molecular complexity index is 241. The van der Waals surface area contributed by atoms with E-state index in [-0.39, 0.29) is 6.29 Å². The number of carbonyl (C=O) groups is 2. The minimum absolute atomic E-state index is 0.335. The van der Waals surface area contributed by atoms with E-state index in [4.69, 9.17) is 14.2 Å². The molecule has 0 heterocycles. The average Bonchev–Trinajstić information content (AvgIpc) is 2.31. The molecule has 0 aromatic rings. The van der Waals surface area contributed by atoms with Gasteiger partial charge in [-0.05, 0) is 0 Å². The lowest BCUT2D eigenvalue weighted by Crippen LogP contribution is -2.25. The fraction of sp³-hybridized carbons (Fsp3) is 0.800. The van der Waals surface area contributed by atoms with E-state index in [0.717, 1.165) is 11.8 Å². The molecule has 0 aromatic carbocycles. The Balaban J connectivity index is 4.07. The predicted molar refractivity (Wildman–Crippen MR) is 62.5 cm³/mol. The number of thioether (sulfide) groups is 1. The summed E-state index contributed by atoms with van der Waals surface area (Å²) in [6, 6.07) is 0. The number of carbonyl (C=O) groups excluding carboxylic acids is 2. The quantitative estimate of drug-likeness (QED) is 0.475. The van der Waals surface area contributed by atoms with Crippen LogP contribution in [0.3, 0.4) is 0 Å². The first kappa shape index (κ1) is 16.2. The maximum absolute atomic E-state index is 11.3. The minimum atomic E-state index is -0.938. The van der Waals surface area contributed by atoms with Gasteiger partial charge < -0.3 is 18.9 Å². The number of methoxy groups -OCH3 is 3. The lowest BCUT2D eigenvalue weighted by Gasteiger charge is -2.16. The maximum atomic E-state index is 11.3. The van der Waals surface area contributed by atoms with Crippen molar-refractivity contribution >= 4 is 23.7 Å². The van der Waals surface area contributed by atoms with E-state index in [0.29, 0.717) is 12.2 Å². The van der Waals surface area contributed by atoms with Gasteiger partial charge in [0, 0.05) is 33.3 Å². The van der Waals surface area contributed by atoms with Gasteiger partial charge in [-0.3, -0.25) is 4.79 Å². The highest BCUT2D eigenvalue weighted by Gasteiger charge is 2.23. The second kappa shape index (κ2) is 9.26. The van der Waals surface area contributed by atoms with Gasteiger partial charge in [-0.25, -0.2) is 4.79 Å². The van der Waals surface area contributed by atoms with Crippen LogP contribution in [-0.2, 0) is 28.5 Å². The van der Waals surface area contributed by atoms with Crippen molar-refractivity contribution in [3.05, 3.63) is 0 Å². The van der Waals surface area contributed by atoms with Crippen molar-refractivity contribution in [1.29, 1.82) is 0 Å². The first-order chi connectivity index (χ1) is 8.04. The molecule has 0 aromatic heterocycles. The van der Waals surface area contributed by atoms with Crippen molar-refractivity contribution in [3.8, 4) is 0 Å². The Hall–Kier alpha value is -0.790. The summed E-state index contributed by atoms with van der Waals surface area (Å²) in [4.78, 5) is 22.1. The highest BCUT2D eigenvalue weighted by molar-refractivity contribution is 8.00. The predicted octanol–water partition coefficient (Wildman–Crippen LogP) is 0.791. The molecule has 0 fully saturated rings. The van der Waals surface area contributed by atoms with E-state index in [1.165, 1.54) is 28.3 Å². The molecule has 0 aliphatic rings. The molecular weight excluding hydrogens is 248 g/mol. The van der Waals surface area contributed by atoms with E-state index < -0.39 is 17.4 Å². The summed E-state index contributed by atoms with van der Waals surface area (Å²) in [6.45, 7) is 1.24. The fourth-order valence-electron chi connectivity index (χ4n) is 1.00. The largest absolute Gasteiger partial charge is 0.466 e. The van der Waals surface area contributed by atoms with E-state index >= 15 is 0 Å². The van der Waals surface area contributed by atoms with Gasteiger partial charge in [-0.2, -0.15) is 0 Å². The summed E-state index contributed by atoms with van der Waals surface area (Å²) < 4.78 is 19.3. The van der Waals surface area contributed by atoms with Crippen LogP contribution in [0.25, 0.3) is 0 Å². The molecule has 7 heteroatoms. The van der Waals surface area contributed by atoms with Crippen LogP contribution in [0.5, 0.6) is 0 Å². The van der Waals surface area contributed by atoms with Gasteiger partial charge in [0.1, 0.15) is 0 Å². The minimum Gasteiger partial charge on any atom is -0.466 e. The Morgan fingerprint density at radius 2 is 1.76 bits per heavy atom. The Morgan fingerprint density at radius 1 is 1.18 bits per heavy atom. The number of rotatable bonds is 8. The third-order valence-electron chi connectivity index (χ3n) is 1.82. The zero-order valence-electron chi connectivity index (χ0n) is 10.4. The van der Waals surface area contributed by atoms with Crippen molar-refractivity contribution < 1.29 is 28.5 Å². The smallest absolute Gasteiger partial charge is 0.357 e. The van der Waals surface area contributed by atoms with Gasteiger partial charge >= 0.3 is 11.9 Å². The number of ether oxygens (including phenoxy) is 4. The monoisotopic (exact) mass is 266 g/mol. The molecule has 0 spiro atoms. The van der Waals surface area contributed by atoms with Crippen LogP contribution in [0.2, 0.25) is 0 Å². The zero-order chi connectivity index (χ0) is 13.3. The molecule has 100 valence electrons. The topological polar surface area (TPSA) is 71.1 Å². The Kier molecular flexibility index (Phi) is 8.83. The van der Waals surface area contributed by atoms with Gasteiger partial charge in [0.25, 0.3) is 0 Å². The van der Waals surface area contributed by atoms with Gasteiger partial charge in [-0.15, -0.1) is 11.8 Å². The molecule has 0 aliphatic carbocycles. The summed E-state index contributed by atoms with van der Waals surface area (Å²) in [7, 11) is 4.30. The van der Waals surface area contributed by atoms with Crippen molar-refractivity contribution in [3.63, 3.8) is 0 Å². The van der Waals surface area contributed by atoms with Crippen molar-refractivity contribution in [2.24, 2.45) is 0 Å². The van der Waals surface area contributed by atoms with Crippen LogP contribution in [0.4, 0.5) is 0 Å². The molecule has 0 bridgehead atoms. The molecule has 1 atom stereocenters. The summed E-state index contributed by atoms with van der Waals surface area (Å²) in [5.74, 6) is -0.570. The van der Waals surface area contributed by atoms with Crippen LogP contribution in [0.1, 0.15) is 13.3 Å². The van der Waals surface area contributed by atoms with Crippen LogP contribution in [0, 0.1) is 0 Å². The normalized spacial score (nSPS) is 12.3. The standard InChI is InChI=1S/C10H18O6S/c1-7(11)16-10(9(12)15-4)17-6-5-8(13-2)14-3/h8,10H,5-6H2,1-4H3/t10-/m0/s1. The van der Waals surface area contributed by atoms with Crippen LogP contribution in [-0.4, -0.2) is 50.7 Å². The van der Waals surface area contributed by atoms with Crippen molar-refractivity contribution in [2.45, 2.75) is 25.1 Å². The van der Waals surface area contributed by atoms with E-state index in [1.807, 2.05) is 0 Å². The molecule has 0 saturated heterocycles. The van der Waals surface area contributed by atoms with Gasteiger partial charge in [-0.1, -0.05) is 0 Å². The maximum Gasteiger partial charge on any atom is 0.357 e. The molecule has 0 N–H and O–H groups in total. The number of hydrogen-bond acceptors (Lipinski definition) is 7. The van der Waals surface area contributed by atoms with Gasteiger partial charge in [0.2, 0.25) is 5.44 Å². The number of esters is 2. The highest BCUT2D eigenvalue weighted by Crippen LogP contribution is 2.17. The fourth-order valence-corrected chi connectivity index (χ4v) is 1.98. The molecule has 0 radical (unpaired) electrons. The van der Waals surface area contributed by atoms with Gasteiger partial charge in [0.05, 0.1) is 7.11 Å². The van der Waals surface area contributed by atoms with Gasteiger partial charge in [0.15, 0.2) is 6.29 Å². The molecule has 0 saturated carbocycles. The summed E-state index contributed by atoms with van der Waals surface area (Å²) in [5.41, 5.74) is -0.938. The molecule has 0 amide bonds. The summed E-state index contributed by atoms with van der Waals surface area (Å²) in [5, 5.41) is 0. The van der Waals surface area contributed by atoms with Crippen LogP contribution < -0.4 is 0 Å². The second-order valence-corrected chi connectivity index (χ2v) is 4.19. The molecule has 0 aliphatic heterocycles. The Labute approximate surface area is 105 Å². The van der Waals surface area contributed by atoms with E-state index in [2.05, 4.69) is 4.74 Å². The Morgan fingerprint density at radius 3 is 2.18 bits per heavy atom. The van der Waals surface area contributed by atoms with Crippen molar-refractivity contribution in [1.82, 2.24) is 0 Å². The van der Waals surface area contributed by atoms with E-state index in [9.17, 15) is 9.59 Å². The molecule has 17 heavy (non-hydrogen) atoms. The first-order valence-electron chi connectivity index (χ1n) is 4.97. The van der Waals surface area contributed by atoms with Crippen LogP contribution >= 0.6 is 11.8 Å². The highest BCUT2D eigenvalue weighted by atomic mass is 32.2. The lowest BCUT2D eigenvalue weighted by molar-refractivity contribution is -0.158. The molecule has 0 rings (SSSR count). The third kappa shape index (κ3) is 7.19. The summed E-state index contributed by atoms with van der Waals surface area (Å²) in [6.07, 6.45) is 0.241. The first-order valence-corrected chi connectivity index (χ1v) is 6.02. The van der Waals surface area contributed by atoms with Crippen molar-refractivity contribution in [2.75, 3.05) is 27.1 Å². The lowest BCUT2D eigenvalue weighted by atomic mass is 10.5. The second-order valence-electron chi connectivity index (χ2n) is 3.02. The third-order valence-corrected chi connectivity index (χ3v) is 2.88.